The molecule has 0 atom stereocenters. The molecule has 0 saturated heterocycles. The summed E-state index contributed by atoms with van der Waals surface area (Å²) in [6.07, 6.45) is 0. The number of rotatable bonds is 6. The average molecular weight is 628 g/mol. The molecule has 0 unspecified atom stereocenters. The van der Waals surface area contributed by atoms with Crippen molar-refractivity contribution in [2.75, 3.05) is 0 Å². The van der Waals surface area contributed by atoms with Gasteiger partial charge in [-0.05, 0) is 68.3 Å². The second kappa shape index (κ2) is 12.0. The normalized spacial score (nSPS) is 11.3. The Kier molecular flexibility index (Phi) is 7.27. The van der Waals surface area contributed by atoms with Gasteiger partial charge in [0.25, 0.3) is 0 Å². The number of hydrogen-bond acceptors (Lipinski definition) is 2. The molecule has 4 heteroatoms. The van der Waals surface area contributed by atoms with Crippen LogP contribution >= 0.6 is 0 Å². The van der Waals surface area contributed by atoms with Gasteiger partial charge in [-0.15, -0.1) is 0 Å². The van der Waals surface area contributed by atoms with Crippen molar-refractivity contribution in [1.82, 2.24) is 4.57 Å². The third-order valence-corrected chi connectivity index (χ3v) is 14.3. The molecule has 0 radical (unpaired) electrons. The fourth-order valence-corrected chi connectivity index (χ4v) is 12.3. The van der Waals surface area contributed by atoms with Crippen molar-refractivity contribution in [1.29, 1.82) is 10.5 Å². The zero-order chi connectivity index (χ0) is 32.5. The number of nitrogens with zero attached hydrogens (tertiary/aromatic N) is 3. The quantitative estimate of drug-likeness (QED) is 0.141. The van der Waals surface area contributed by atoms with Crippen molar-refractivity contribution in [3.63, 3.8) is 0 Å². The Morgan fingerprint density at radius 2 is 0.938 bits per heavy atom. The van der Waals surface area contributed by atoms with Crippen molar-refractivity contribution in [2.24, 2.45) is 0 Å². The molecule has 0 aliphatic carbocycles. The Hall–Kier alpha value is -6.46. The number of aromatic nitrogens is 1. The summed E-state index contributed by atoms with van der Waals surface area (Å²) in [6.45, 7) is 0. The van der Waals surface area contributed by atoms with Crippen LogP contribution < -0.4 is 20.7 Å². The van der Waals surface area contributed by atoms with Crippen molar-refractivity contribution in [2.45, 2.75) is 0 Å². The van der Waals surface area contributed by atoms with Crippen molar-refractivity contribution >= 4 is 50.6 Å². The van der Waals surface area contributed by atoms with E-state index in [2.05, 4.69) is 174 Å². The minimum Gasteiger partial charge on any atom is -0.309 e. The van der Waals surface area contributed by atoms with Crippen LogP contribution in [0.15, 0.2) is 176 Å². The Labute approximate surface area is 280 Å². The summed E-state index contributed by atoms with van der Waals surface area (Å²) in [5.41, 5.74) is 5.93. The smallest absolute Gasteiger partial charge is 0.180 e. The SMILES string of the molecule is N#Cc1ccc([Si](c2ccccc2)(c2ccccc2)c2ccccc2)c(-c2ccc(-n3c4ccccc4c4ccccc43)cc2C#N)c1. The summed E-state index contributed by atoms with van der Waals surface area (Å²) in [5, 5.41) is 28.1. The van der Waals surface area contributed by atoms with Gasteiger partial charge in [0.2, 0.25) is 0 Å². The van der Waals surface area contributed by atoms with E-state index in [4.69, 9.17) is 0 Å². The zero-order valence-corrected chi connectivity index (χ0v) is 27.1. The molecule has 0 N–H and O–H groups in total. The van der Waals surface area contributed by atoms with Crippen molar-refractivity contribution in [3.8, 4) is 29.0 Å². The third kappa shape index (κ3) is 4.55. The molecule has 1 aromatic heterocycles. The summed E-state index contributed by atoms with van der Waals surface area (Å²) in [4.78, 5) is 0. The number of nitriles is 2. The number of fused-ring (bicyclic) bond motifs is 3. The van der Waals surface area contributed by atoms with Gasteiger partial charge in [-0.2, -0.15) is 10.5 Å². The standard InChI is InChI=1S/C44H29N3Si/c45-30-32-24-27-44(48(35-14-4-1-5-15-35,36-16-6-2-7-17-36)37-18-8-3-9-19-37)41(28-32)38-26-25-34(29-33(38)31-46)47-42-22-12-10-20-39(42)40-21-11-13-23-43(40)47/h1-29H. The van der Waals surface area contributed by atoms with Crippen molar-refractivity contribution < 1.29 is 0 Å². The largest absolute Gasteiger partial charge is 0.309 e. The molecule has 0 spiro atoms. The van der Waals surface area contributed by atoms with Gasteiger partial charge in [0.05, 0.1) is 34.3 Å². The summed E-state index contributed by atoms with van der Waals surface area (Å²) in [7, 11) is -2.96. The van der Waals surface area contributed by atoms with E-state index in [1.54, 1.807) is 0 Å². The molecular formula is C44H29N3Si. The molecule has 0 fully saturated rings. The number of benzene rings is 7. The van der Waals surface area contributed by atoms with Gasteiger partial charge in [-0.25, -0.2) is 0 Å². The number of hydrogen-bond donors (Lipinski definition) is 0. The summed E-state index contributed by atoms with van der Waals surface area (Å²) < 4.78 is 2.23. The highest BCUT2D eigenvalue weighted by atomic mass is 28.3. The fraction of sp³-hybridized carbons (Fsp3) is 0. The maximum Gasteiger partial charge on any atom is 0.180 e. The second-order valence-electron chi connectivity index (χ2n) is 11.9. The Balaban J connectivity index is 1.44. The van der Waals surface area contributed by atoms with E-state index in [0.717, 1.165) is 33.0 Å². The predicted octanol–water partition coefficient (Wildman–Crippen LogP) is 7.57. The van der Waals surface area contributed by atoms with Crippen LogP contribution in [-0.4, -0.2) is 12.6 Å². The van der Waals surface area contributed by atoms with Crippen LogP contribution in [0.4, 0.5) is 0 Å². The summed E-state index contributed by atoms with van der Waals surface area (Å²) in [5.74, 6) is 0. The van der Waals surface area contributed by atoms with Gasteiger partial charge < -0.3 is 4.57 Å². The average Bonchev–Trinajstić information content (AvgIpc) is 3.51. The molecule has 3 nitrogen and oxygen atoms in total. The molecule has 0 aliphatic heterocycles. The first-order chi connectivity index (χ1) is 23.7. The van der Waals surface area contributed by atoms with E-state index in [1.165, 1.54) is 26.3 Å². The van der Waals surface area contributed by atoms with Gasteiger partial charge in [0, 0.05) is 16.5 Å². The van der Waals surface area contributed by atoms with E-state index in [9.17, 15) is 10.5 Å². The van der Waals surface area contributed by atoms with Crippen LogP contribution in [0.5, 0.6) is 0 Å². The maximum atomic E-state index is 10.8. The fourth-order valence-electron chi connectivity index (χ4n) is 7.39. The molecule has 0 bridgehead atoms. The Morgan fingerprint density at radius 1 is 0.438 bits per heavy atom. The van der Waals surface area contributed by atoms with E-state index in [1.807, 2.05) is 18.2 Å². The monoisotopic (exact) mass is 627 g/mol. The first-order valence-corrected chi connectivity index (χ1v) is 18.0. The second-order valence-corrected chi connectivity index (χ2v) is 15.7. The predicted molar refractivity (Wildman–Crippen MR) is 199 cm³/mol. The van der Waals surface area contributed by atoms with Crippen LogP contribution in [-0.2, 0) is 0 Å². The lowest BCUT2D eigenvalue weighted by atomic mass is 9.98. The Bertz CT molecular complexity index is 2370. The lowest BCUT2D eigenvalue weighted by Gasteiger charge is -2.36. The molecular weight excluding hydrogens is 599 g/mol. The Morgan fingerprint density at radius 3 is 1.44 bits per heavy atom. The first kappa shape index (κ1) is 29.0. The topological polar surface area (TPSA) is 52.5 Å². The van der Waals surface area contributed by atoms with Crippen LogP contribution in [0, 0.1) is 22.7 Å². The molecule has 0 saturated carbocycles. The molecule has 8 rings (SSSR count). The van der Waals surface area contributed by atoms with Gasteiger partial charge in [-0.1, -0.05) is 140 Å². The molecule has 224 valence electrons. The lowest BCUT2D eigenvalue weighted by Crippen LogP contribution is -2.75. The highest BCUT2D eigenvalue weighted by molar-refractivity contribution is 7.20. The highest BCUT2D eigenvalue weighted by Gasteiger charge is 2.43. The molecule has 1 heterocycles. The van der Waals surface area contributed by atoms with E-state index < -0.39 is 8.07 Å². The van der Waals surface area contributed by atoms with E-state index in [-0.39, 0.29) is 0 Å². The lowest BCUT2D eigenvalue weighted by molar-refractivity contribution is 1.18. The van der Waals surface area contributed by atoms with Gasteiger partial charge in [-0.3, -0.25) is 0 Å². The van der Waals surface area contributed by atoms with E-state index >= 15 is 0 Å². The minimum atomic E-state index is -2.96. The molecule has 0 aliphatic rings. The van der Waals surface area contributed by atoms with Gasteiger partial charge in [0.15, 0.2) is 8.07 Å². The van der Waals surface area contributed by atoms with Crippen LogP contribution in [0.25, 0.3) is 38.6 Å². The molecule has 7 aromatic carbocycles. The van der Waals surface area contributed by atoms with E-state index in [0.29, 0.717) is 11.1 Å². The maximum absolute atomic E-state index is 10.8. The highest BCUT2D eigenvalue weighted by Crippen LogP contribution is 2.34. The van der Waals surface area contributed by atoms with Gasteiger partial charge >= 0.3 is 0 Å². The molecule has 0 amide bonds. The summed E-state index contributed by atoms with van der Waals surface area (Å²) >= 11 is 0. The zero-order valence-electron chi connectivity index (χ0n) is 26.1. The first-order valence-electron chi connectivity index (χ1n) is 16.0. The molecule has 8 aromatic rings. The van der Waals surface area contributed by atoms with Crippen LogP contribution in [0.1, 0.15) is 11.1 Å². The van der Waals surface area contributed by atoms with Crippen LogP contribution in [0.2, 0.25) is 0 Å². The summed E-state index contributed by atoms with van der Waals surface area (Å²) in [6, 6.07) is 66.1. The number of para-hydroxylation sites is 2. The third-order valence-electron chi connectivity index (χ3n) is 9.43. The van der Waals surface area contributed by atoms with Gasteiger partial charge in [0.1, 0.15) is 0 Å². The van der Waals surface area contributed by atoms with Crippen molar-refractivity contribution in [3.05, 3.63) is 187 Å². The van der Waals surface area contributed by atoms with Crippen LogP contribution in [0.3, 0.4) is 0 Å². The minimum absolute atomic E-state index is 0.557. The molecule has 48 heavy (non-hydrogen) atoms.